The van der Waals surface area contributed by atoms with E-state index in [-0.39, 0.29) is 0 Å². The zero-order valence-corrected chi connectivity index (χ0v) is 16.6. The van der Waals surface area contributed by atoms with Gasteiger partial charge in [-0.1, -0.05) is 49.4 Å². The number of methoxy groups -OCH3 is 1. The van der Waals surface area contributed by atoms with Gasteiger partial charge in [0.25, 0.3) is 0 Å². The monoisotopic (exact) mass is 394 g/mol. The average molecular weight is 395 g/mol. The largest absolute Gasteiger partial charge is 0.493 e. The van der Waals surface area contributed by atoms with E-state index in [1.807, 2.05) is 24.3 Å². The molecule has 1 N–H and O–H groups in total. The zero-order chi connectivity index (χ0) is 18.8. The molecule has 140 valence electrons. The first-order chi connectivity index (χ1) is 12.6. The summed E-state index contributed by atoms with van der Waals surface area (Å²) >= 11 is 11.9. The van der Waals surface area contributed by atoms with Crippen molar-refractivity contribution < 1.29 is 9.47 Å². The zero-order valence-electron chi connectivity index (χ0n) is 15.1. The van der Waals surface area contributed by atoms with Crippen molar-refractivity contribution in [2.45, 2.75) is 32.6 Å². The quantitative estimate of drug-likeness (QED) is 0.287. The van der Waals surface area contributed by atoms with E-state index in [0.717, 1.165) is 23.4 Å². The lowest BCUT2D eigenvalue weighted by atomic mass is 10.2. The smallest absolute Gasteiger partial charge is 0.161 e. The minimum Gasteiger partial charge on any atom is -0.493 e. The fourth-order valence-corrected chi connectivity index (χ4v) is 2.64. The maximum atomic E-state index is 5.98. The van der Waals surface area contributed by atoms with Gasteiger partial charge in [-0.05, 0) is 48.4 Å². The van der Waals surface area contributed by atoms with Crippen LogP contribution in [-0.2, 0) is 0 Å². The first-order valence-electron chi connectivity index (χ1n) is 8.69. The summed E-state index contributed by atoms with van der Waals surface area (Å²) in [5.74, 6) is 1.44. The highest BCUT2D eigenvalue weighted by molar-refractivity contribution is 6.42. The minimum atomic E-state index is 0.481. The Morgan fingerprint density at radius 1 is 1.00 bits per heavy atom. The molecule has 0 atom stereocenters. The van der Waals surface area contributed by atoms with E-state index in [1.54, 1.807) is 25.5 Å². The summed E-state index contributed by atoms with van der Waals surface area (Å²) in [5.41, 5.74) is 4.58. The number of ether oxygens (including phenoxy) is 2. The van der Waals surface area contributed by atoms with Crippen molar-refractivity contribution in [2.24, 2.45) is 5.10 Å². The predicted molar refractivity (Wildman–Crippen MR) is 110 cm³/mol. The summed E-state index contributed by atoms with van der Waals surface area (Å²) in [6, 6.07) is 11.0. The highest BCUT2D eigenvalue weighted by Gasteiger charge is 2.05. The fraction of sp³-hybridized carbons (Fsp3) is 0.350. The van der Waals surface area contributed by atoms with Crippen molar-refractivity contribution in [2.75, 3.05) is 19.1 Å². The molecule has 2 rings (SSSR count). The van der Waals surface area contributed by atoms with Crippen LogP contribution >= 0.6 is 23.2 Å². The first-order valence-corrected chi connectivity index (χ1v) is 9.44. The predicted octanol–water partition coefficient (Wildman–Crippen LogP) is 6.41. The van der Waals surface area contributed by atoms with E-state index < -0.39 is 0 Å². The summed E-state index contributed by atoms with van der Waals surface area (Å²) in [4.78, 5) is 0. The summed E-state index contributed by atoms with van der Waals surface area (Å²) in [5, 5.41) is 5.20. The van der Waals surface area contributed by atoms with Crippen molar-refractivity contribution in [1.82, 2.24) is 0 Å². The molecular formula is C20H24Cl2N2O2. The van der Waals surface area contributed by atoms with Gasteiger partial charge in [-0.25, -0.2) is 0 Å². The molecule has 6 heteroatoms. The Bertz CT molecular complexity index is 736. The van der Waals surface area contributed by atoms with Gasteiger partial charge in [-0.2, -0.15) is 5.10 Å². The fourth-order valence-electron chi connectivity index (χ4n) is 2.34. The van der Waals surface area contributed by atoms with Gasteiger partial charge in [0, 0.05) is 0 Å². The van der Waals surface area contributed by atoms with Gasteiger partial charge >= 0.3 is 0 Å². The van der Waals surface area contributed by atoms with Crippen LogP contribution in [0.1, 0.15) is 38.2 Å². The molecule has 0 aliphatic rings. The van der Waals surface area contributed by atoms with Crippen molar-refractivity contribution in [1.29, 1.82) is 0 Å². The minimum absolute atomic E-state index is 0.481. The number of halogens is 2. The molecule has 0 bridgehead atoms. The Kier molecular flexibility index (Phi) is 8.59. The molecule has 26 heavy (non-hydrogen) atoms. The topological polar surface area (TPSA) is 42.8 Å². The van der Waals surface area contributed by atoms with Gasteiger partial charge < -0.3 is 9.47 Å². The molecule has 0 aliphatic carbocycles. The summed E-state index contributed by atoms with van der Waals surface area (Å²) in [7, 11) is 1.63. The Labute approximate surface area is 165 Å². The van der Waals surface area contributed by atoms with E-state index in [0.29, 0.717) is 22.4 Å². The van der Waals surface area contributed by atoms with Crippen LogP contribution in [0.2, 0.25) is 10.0 Å². The molecule has 0 fully saturated rings. The normalized spacial score (nSPS) is 10.9. The Balaban J connectivity index is 1.93. The third kappa shape index (κ3) is 6.43. The molecule has 2 aromatic carbocycles. The number of nitrogens with zero attached hydrogens (tertiary/aromatic N) is 1. The summed E-state index contributed by atoms with van der Waals surface area (Å²) in [6.07, 6.45) is 6.39. The number of benzene rings is 2. The van der Waals surface area contributed by atoms with Crippen LogP contribution in [-0.4, -0.2) is 19.9 Å². The SMILES string of the molecule is CCCCCCOc1ccc(C=NNc2ccc(Cl)c(Cl)c2)cc1OC. The molecule has 4 nitrogen and oxygen atoms in total. The van der Waals surface area contributed by atoms with Crippen LogP contribution in [0.3, 0.4) is 0 Å². The lowest BCUT2D eigenvalue weighted by Crippen LogP contribution is -2.00. The molecule has 0 aliphatic heterocycles. The second kappa shape index (κ2) is 10.9. The standard InChI is InChI=1S/C20H24Cl2N2O2/c1-3-4-5-6-11-26-19-10-7-15(12-20(19)25-2)14-23-24-16-8-9-17(21)18(22)13-16/h7-10,12-14,24H,3-6,11H2,1-2H3. The molecule has 0 unspecified atom stereocenters. The van der Waals surface area contributed by atoms with Crippen molar-refractivity contribution in [3.8, 4) is 11.5 Å². The number of unbranched alkanes of at least 4 members (excludes halogenated alkanes) is 3. The van der Waals surface area contributed by atoms with Gasteiger partial charge in [-0.3, -0.25) is 5.43 Å². The van der Waals surface area contributed by atoms with Crippen LogP contribution in [0.5, 0.6) is 11.5 Å². The average Bonchev–Trinajstić information content (AvgIpc) is 2.65. The highest BCUT2D eigenvalue weighted by atomic mass is 35.5. The lowest BCUT2D eigenvalue weighted by Gasteiger charge is -2.11. The van der Waals surface area contributed by atoms with Crippen LogP contribution in [0.4, 0.5) is 5.69 Å². The molecule has 0 spiro atoms. The second-order valence-corrected chi connectivity index (χ2v) is 6.63. The maximum Gasteiger partial charge on any atom is 0.161 e. The van der Waals surface area contributed by atoms with Gasteiger partial charge in [0.2, 0.25) is 0 Å². The van der Waals surface area contributed by atoms with Crippen molar-refractivity contribution >= 4 is 35.1 Å². The number of nitrogens with one attached hydrogen (secondary N) is 1. The van der Waals surface area contributed by atoms with Crippen molar-refractivity contribution in [3.63, 3.8) is 0 Å². The second-order valence-electron chi connectivity index (χ2n) is 5.82. The van der Waals surface area contributed by atoms with E-state index in [4.69, 9.17) is 32.7 Å². The van der Waals surface area contributed by atoms with Crippen LogP contribution in [0, 0.1) is 0 Å². The first kappa shape index (κ1) is 20.4. The molecule has 0 saturated heterocycles. The molecule has 0 radical (unpaired) electrons. The van der Waals surface area contributed by atoms with Crippen molar-refractivity contribution in [3.05, 3.63) is 52.0 Å². The van der Waals surface area contributed by atoms with Gasteiger partial charge in [0.1, 0.15) is 0 Å². The number of hydrogen-bond donors (Lipinski definition) is 1. The van der Waals surface area contributed by atoms with Crippen LogP contribution < -0.4 is 14.9 Å². The molecule has 0 amide bonds. The Morgan fingerprint density at radius 3 is 2.58 bits per heavy atom. The number of hydrazone groups is 1. The number of rotatable bonds is 10. The van der Waals surface area contributed by atoms with E-state index in [1.165, 1.54) is 19.3 Å². The molecule has 0 saturated carbocycles. The lowest BCUT2D eigenvalue weighted by molar-refractivity contribution is 0.285. The van der Waals surface area contributed by atoms with Gasteiger partial charge in [-0.15, -0.1) is 0 Å². The molecular weight excluding hydrogens is 371 g/mol. The molecule has 2 aromatic rings. The molecule has 0 aromatic heterocycles. The van der Waals surface area contributed by atoms with Gasteiger partial charge in [0.15, 0.2) is 11.5 Å². The Hall–Kier alpha value is -1.91. The summed E-state index contributed by atoms with van der Waals surface area (Å²) in [6.45, 7) is 2.89. The van der Waals surface area contributed by atoms with Crippen LogP contribution in [0.25, 0.3) is 0 Å². The highest BCUT2D eigenvalue weighted by Crippen LogP contribution is 2.28. The van der Waals surface area contributed by atoms with E-state index in [2.05, 4.69) is 17.5 Å². The molecule has 0 heterocycles. The maximum absolute atomic E-state index is 5.98. The number of anilines is 1. The Morgan fingerprint density at radius 2 is 1.85 bits per heavy atom. The van der Waals surface area contributed by atoms with E-state index >= 15 is 0 Å². The van der Waals surface area contributed by atoms with E-state index in [9.17, 15) is 0 Å². The third-order valence-electron chi connectivity index (χ3n) is 3.77. The van der Waals surface area contributed by atoms with Gasteiger partial charge in [0.05, 0.1) is 35.7 Å². The third-order valence-corrected chi connectivity index (χ3v) is 4.51. The number of hydrogen-bond acceptors (Lipinski definition) is 4. The summed E-state index contributed by atoms with van der Waals surface area (Å²) < 4.78 is 11.2. The van der Waals surface area contributed by atoms with Crippen LogP contribution in [0.15, 0.2) is 41.5 Å².